The smallest absolute Gasteiger partial charge is 0.326 e. The number of unbranched alkanes of at least 4 members (excludes halogenated alkanes) is 1. The highest BCUT2D eigenvalue weighted by molar-refractivity contribution is 7.16. The van der Waals surface area contributed by atoms with Crippen LogP contribution in [0.15, 0.2) is 41.4 Å². The molecule has 0 aliphatic heterocycles. The third kappa shape index (κ3) is 5.37. The van der Waals surface area contributed by atoms with E-state index in [0.717, 1.165) is 29.5 Å². The first-order chi connectivity index (χ1) is 15.5. The highest BCUT2D eigenvalue weighted by atomic mass is 32.1. The number of methoxy groups -OCH3 is 2. The molecule has 3 rings (SSSR count). The van der Waals surface area contributed by atoms with Crippen LogP contribution >= 0.6 is 11.3 Å². The van der Waals surface area contributed by atoms with Gasteiger partial charge in [0.1, 0.15) is 6.54 Å². The van der Waals surface area contributed by atoms with Crippen molar-refractivity contribution in [2.45, 2.75) is 39.7 Å². The van der Waals surface area contributed by atoms with Crippen LogP contribution in [-0.2, 0) is 22.5 Å². The number of aryl methyl sites for hydroxylation is 1. The summed E-state index contributed by atoms with van der Waals surface area (Å²) < 4.78 is 18.4. The van der Waals surface area contributed by atoms with Crippen molar-refractivity contribution < 1.29 is 23.8 Å². The van der Waals surface area contributed by atoms with E-state index in [1.807, 2.05) is 6.07 Å². The molecule has 0 radical (unpaired) electrons. The molecule has 170 valence electrons. The first-order valence-electron chi connectivity index (χ1n) is 10.6. The number of hydrogen-bond donors (Lipinski definition) is 0. The van der Waals surface area contributed by atoms with Gasteiger partial charge < -0.3 is 18.8 Å². The predicted octanol–water partition coefficient (Wildman–Crippen LogP) is 4.37. The van der Waals surface area contributed by atoms with Gasteiger partial charge in [-0.3, -0.25) is 9.59 Å². The molecule has 0 atom stereocenters. The van der Waals surface area contributed by atoms with Crippen molar-refractivity contribution >= 4 is 33.4 Å². The highest BCUT2D eigenvalue weighted by Gasteiger charge is 2.15. The van der Waals surface area contributed by atoms with Crippen LogP contribution in [0.3, 0.4) is 0 Å². The molecule has 0 unspecified atom stereocenters. The fraction of sp³-hybridized carbons (Fsp3) is 0.375. The number of amides is 1. The Morgan fingerprint density at radius 1 is 1.03 bits per heavy atom. The summed E-state index contributed by atoms with van der Waals surface area (Å²) in [5.74, 6) is 0.177. The number of hydrogen-bond acceptors (Lipinski definition) is 6. The van der Waals surface area contributed by atoms with Crippen LogP contribution in [0.25, 0.3) is 10.2 Å². The monoisotopic (exact) mass is 456 g/mol. The first kappa shape index (κ1) is 23.5. The lowest BCUT2D eigenvalue weighted by molar-refractivity contribution is -0.143. The van der Waals surface area contributed by atoms with Gasteiger partial charge >= 0.3 is 5.97 Å². The maximum absolute atomic E-state index is 12.9. The molecule has 3 aromatic rings. The first-order valence-corrected chi connectivity index (χ1v) is 11.4. The molecule has 0 saturated carbocycles. The summed E-state index contributed by atoms with van der Waals surface area (Å²) in [7, 11) is 3.05. The quantitative estimate of drug-likeness (QED) is 0.447. The molecule has 1 amide bonds. The fourth-order valence-corrected chi connectivity index (χ4v) is 4.44. The molecule has 0 fully saturated rings. The maximum atomic E-state index is 12.9. The summed E-state index contributed by atoms with van der Waals surface area (Å²) in [5, 5.41) is 0. The van der Waals surface area contributed by atoms with Gasteiger partial charge in [0.05, 0.1) is 31.0 Å². The van der Waals surface area contributed by atoms with Crippen molar-refractivity contribution in [2.75, 3.05) is 20.8 Å². The van der Waals surface area contributed by atoms with Crippen LogP contribution in [0.1, 0.15) is 42.6 Å². The lowest BCUT2D eigenvalue weighted by Crippen LogP contribution is -2.23. The Morgan fingerprint density at radius 3 is 2.50 bits per heavy atom. The number of thiazole rings is 1. The molecule has 8 heteroatoms. The number of fused-ring (bicyclic) bond motifs is 1. The molecule has 0 spiro atoms. The second kappa shape index (κ2) is 10.9. The molecule has 0 N–H and O–H groups in total. The Kier molecular flexibility index (Phi) is 8.05. The average Bonchev–Trinajstić information content (AvgIpc) is 3.13. The van der Waals surface area contributed by atoms with Crippen molar-refractivity contribution in [1.82, 2.24) is 4.57 Å². The van der Waals surface area contributed by atoms with Crippen molar-refractivity contribution in [3.63, 3.8) is 0 Å². The Balaban J connectivity index is 2.06. The number of carbonyl (C=O) groups excluding carboxylic acids is 2. The van der Waals surface area contributed by atoms with E-state index in [1.165, 1.54) is 31.1 Å². The number of carbonyl (C=O) groups is 2. The van der Waals surface area contributed by atoms with Gasteiger partial charge in [-0.15, -0.1) is 0 Å². The number of benzene rings is 2. The number of rotatable bonds is 9. The summed E-state index contributed by atoms with van der Waals surface area (Å²) in [6.07, 6.45) is 3.21. The van der Waals surface area contributed by atoms with E-state index in [9.17, 15) is 9.59 Å². The number of aromatic nitrogens is 1. The van der Waals surface area contributed by atoms with E-state index >= 15 is 0 Å². The zero-order chi connectivity index (χ0) is 23.1. The van der Waals surface area contributed by atoms with Crippen LogP contribution in [0.5, 0.6) is 11.5 Å². The summed E-state index contributed by atoms with van der Waals surface area (Å²) in [6, 6.07) is 11.0. The van der Waals surface area contributed by atoms with Crippen LogP contribution in [0, 0.1) is 0 Å². The Labute approximate surface area is 191 Å². The van der Waals surface area contributed by atoms with Crippen molar-refractivity contribution in [1.29, 1.82) is 0 Å². The second-order valence-corrected chi connectivity index (χ2v) is 8.18. The van der Waals surface area contributed by atoms with E-state index in [1.54, 1.807) is 29.7 Å². The lowest BCUT2D eigenvalue weighted by Gasteiger charge is -2.08. The van der Waals surface area contributed by atoms with Gasteiger partial charge in [0, 0.05) is 5.56 Å². The van der Waals surface area contributed by atoms with Gasteiger partial charge in [0.15, 0.2) is 16.3 Å². The second-order valence-electron chi connectivity index (χ2n) is 7.17. The molecular weight excluding hydrogens is 428 g/mol. The van der Waals surface area contributed by atoms with E-state index in [2.05, 4.69) is 24.0 Å². The third-order valence-electron chi connectivity index (χ3n) is 4.99. The van der Waals surface area contributed by atoms with Gasteiger partial charge in [0.2, 0.25) is 0 Å². The minimum Gasteiger partial charge on any atom is -0.493 e. The standard InChI is InChI=1S/C24H28N2O5S/c1-5-7-8-16-9-11-18-21(13-16)32-24(26(18)15-22(27)31-6-2)25-23(28)17-10-12-19(29-3)20(14-17)30-4/h9-14H,5-8,15H2,1-4H3. The van der Waals surface area contributed by atoms with Crippen LogP contribution in [0.4, 0.5) is 0 Å². The molecule has 0 saturated heterocycles. The predicted molar refractivity (Wildman–Crippen MR) is 124 cm³/mol. The molecule has 0 bridgehead atoms. The molecular formula is C24H28N2O5S. The van der Waals surface area contributed by atoms with Gasteiger partial charge in [0.25, 0.3) is 5.91 Å². The summed E-state index contributed by atoms with van der Waals surface area (Å²) >= 11 is 1.38. The van der Waals surface area contributed by atoms with E-state index < -0.39 is 5.91 Å². The van der Waals surface area contributed by atoms with Crippen LogP contribution in [-0.4, -0.2) is 37.3 Å². The minimum atomic E-state index is -0.429. The Hall–Kier alpha value is -3.13. The maximum Gasteiger partial charge on any atom is 0.326 e. The van der Waals surface area contributed by atoms with Gasteiger partial charge in [-0.1, -0.05) is 30.7 Å². The van der Waals surface area contributed by atoms with Crippen molar-refractivity contribution in [3.05, 3.63) is 52.3 Å². The Morgan fingerprint density at radius 2 is 1.81 bits per heavy atom. The number of nitrogens with zero attached hydrogens (tertiary/aromatic N) is 2. The van der Waals surface area contributed by atoms with Crippen LogP contribution in [0.2, 0.25) is 0 Å². The molecule has 7 nitrogen and oxygen atoms in total. The average molecular weight is 457 g/mol. The summed E-state index contributed by atoms with van der Waals surface area (Å²) in [5.41, 5.74) is 2.44. The van der Waals surface area contributed by atoms with E-state index in [-0.39, 0.29) is 12.5 Å². The van der Waals surface area contributed by atoms with E-state index in [0.29, 0.717) is 28.5 Å². The summed E-state index contributed by atoms with van der Waals surface area (Å²) in [6.45, 7) is 4.20. The largest absolute Gasteiger partial charge is 0.493 e. The normalized spacial score (nSPS) is 11.6. The zero-order valence-electron chi connectivity index (χ0n) is 18.8. The minimum absolute atomic E-state index is 0.0137. The number of esters is 1. The number of ether oxygens (including phenoxy) is 3. The topological polar surface area (TPSA) is 79.1 Å². The summed E-state index contributed by atoms with van der Waals surface area (Å²) in [4.78, 5) is 30.0. The third-order valence-corrected chi connectivity index (χ3v) is 6.03. The molecule has 1 heterocycles. The highest BCUT2D eigenvalue weighted by Crippen LogP contribution is 2.28. The van der Waals surface area contributed by atoms with Gasteiger partial charge in [-0.25, -0.2) is 0 Å². The van der Waals surface area contributed by atoms with Crippen LogP contribution < -0.4 is 14.3 Å². The zero-order valence-corrected chi connectivity index (χ0v) is 19.7. The molecule has 0 aliphatic rings. The van der Waals surface area contributed by atoms with Gasteiger partial charge in [-0.2, -0.15) is 4.99 Å². The van der Waals surface area contributed by atoms with E-state index in [4.69, 9.17) is 14.2 Å². The Bertz CT molecular complexity index is 1180. The van der Waals surface area contributed by atoms with Crippen molar-refractivity contribution in [3.8, 4) is 11.5 Å². The lowest BCUT2D eigenvalue weighted by atomic mass is 10.1. The molecule has 0 aliphatic carbocycles. The molecule has 1 aromatic heterocycles. The van der Waals surface area contributed by atoms with Crippen molar-refractivity contribution in [2.24, 2.45) is 4.99 Å². The molecule has 32 heavy (non-hydrogen) atoms. The van der Waals surface area contributed by atoms with Gasteiger partial charge in [-0.05, 0) is 55.7 Å². The fourth-order valence-electron chi connectivity index (χ4n) is 3.35. The SMILES string of the molecule is CCCCc1ccc2c(c1)sc(=NC(=O)c1ccc(OC)c(OC)c1)n2CC(=O)OCC. The molecule has 2 aromatic carbocycles.